The van der Waals surface area contributed by atoms with Crippen molar-refractivity contribution in [1.29, 1.82) is 0 Å². The Morgan fingerprint density at radius 2 is 1.95 bits per heavy atom. The van der Waals surface area contributed by atoms with Crippen molar-refractivity contribution in [1.82, 2.24) is 5.32 Å². The van der Waals surface area contributed by atoms with Crippen molar-refractivity contribution in [3.63, 3.8) is 0 Å². The lowest BCUT2D eigenvalue weighted by molar-refractivity contribution is -0.122. The van der Waals surface area contributed by atoms with Crippen molar-refractivity contribution in [3.05, 3.63) is 34.3 Å². The first kappa shape index (κ1) is 17.5. The summed E-state index contributed by atoms with van der Waals surface area (Å²) in [4.78, 5) is 12.2. The summed E-state index contributed by atoms with van der Waals surface area (Å²) < 4.78 is 23.9. The summed E-state index contributed by atoms with van der Waals surface area (Å²) in [6.45, 7) is 4.19. The summed E-state index contributed by atoms with van der Waals surface area (Å²) in [5.74, 6) is 0.649. The number of halogens is 1. The van der Waals surface area contributed by atoms with Gasteiger partial charge in [-0.15, -0.1) is 0 Å². The van der Waals surface area contributed by atoms with Crippen LogP contribution in [0, 0.1) is 5.92 Å². The molecule has 1 amide bonds. The molecule has 2 atom stereocenters. The van der Waals surface area contributed by atoms with Crippen LogP contribution in [0.1, 0.15) is 38.2 Å². The number of hydrogen-bond acceptors (Lipinski definition) is 3. The van der Waals surface area contributed by atoms with Crippen LogP contribution in [0.4, 0.5) is 0 Å². The maximum absolute atomic E-state index is 12.2. The fourth-order valence-electron chi connectivity index (χ4n) is 2.84. The van der Waals surface area contributed by atoms with Crippen molar-refractivity contribution < 1.29 is 13.2 Å². The Hall–Kier alpha value is -0.880. The summed E-state index contributed by atoms with van der Waals surface area (Å²) in [6, 6.07) is 7.79. The molecule has 1 saturated heterocycles. The molecular weight excluding hydrogens is 366 g/mol. The molecule has 2 unspecified atom stereocenters. The standard InChI is InChI=1S/C16H22BrNO3S/c1-11(2)15(12-3-5-13(17)6-4-12)9-16(19)18-14-7-8-22(20,21)10-14/h3-6,11,14-15H,7-10H2,1-2H3,(H,18,19). The molecule has 4 nitrogen and oxygen atoms in total. The molecule has 0 saturated carbocycles. The van der Waals surface area contributed by atoms with E-state index in [9.17, 15) is 13.2 Å². The smallest absolute Gasteiger partial charge is 0.220 e. The number of rotatable bonds is 5. The van der Waals surface area contributed by atoms with E-state index in [0.717, 1.165) is 10.0 Å². The van der Waals surface area contributed by atoms with Crippen molar-refractivity contribution in [3.8, 4) is 0 Å². The maximum atomic E-state index is 12.2. The Morgan fingerprint density at radius 1 is 1.32 bits per heavy atom. The van der Waals surface area contributed by atoms with E-state index in [1.54, 1.807) is 0 Å². The minimum atomic E-state index is -2.96. The topological polar surface area (TPSA) is 63.2 Å². The summed E-state index contributed by atoms with van der Waals surface area (Å²) >= 11 is 3.42. The molecule has 1 aromatic rings. The highest BCUT2D eigenvalue weighted by molar-refractivity contribution is 9.10. The molecule has 1 aromatic carbocycles. The van der Waals surface area contributed by atoms with Gasteiger partial charge in [-0.2, -0.15) is 0 Å². The summed E-state index contributed by atoms with van der Waals surface area (Å²) in [6.07, 6.45) is 0.911. The van der Waals surface area contributed by atoms with Gasteiger partial charge < -0.3 is 5.32 Å². The zero-order valence-electron chi connectivity index (χ0n) is 12.9. The lowest BCUT2D eigenvalue weighted by atomic mass is 9.85. The van der Waals surface area contributed by atoms with Gasteiger partial charge >= 0.3 is 0 Å². The normalized spacial score (nSPS) is 21.7. The van der Waals surface area contributed by atoms with E-state index < -0.39 is 9.84 Å². The lowest BCUT2D eigenvalue weighted by Gasteiger charge is -2.22. The van der Waals surface area contributed by atoms with Gasteiger partial charge in [0, 0.05) is 16.9 Å². The molecule has 0 radical (unpaired) electrons. The Morgan fingerprint density at radius 3 is 2.45 bits per heavy atom. The quantitative estimate of drug-likeness (QED) is 0.844. The van der Waals surface area contributed by atoms with Gasteiger partial charge in [0.05, 0.1) is 11.5 Å². The Kier molecular flexibility index (Phi) is 5.66. The number of nitrogens with one attached hydrogen (secondary N) is 1. The monoisotopic (exact) mass is 387 g/mol. The van der Waals surface area contributed by atoms with E-state index in [1.165, 1.54) is 0 Å². The maximum Gasteiger partial charge on any atom is 0.220 e. The predicted molar refractivity (Wildman–Crippen MR) is 91.5 cm³/mol. The second kappa shape index (κ2) is 7.13. The van der Waals surface area contributed by atoms with Gasteiger partial charge in [-0.1, -0.05) is 41.9 Å². The molecule has 0 aliphatic carbocycles. The number of carbonyl (C=O) groups is 1. The van der Waals surface area contributed by atoms with Crippen LogP contribution in [0.2, 0.25) is 0 Å². The SMILES string of the molecule is CC(C)C(CC(=O)NC1CCS(=O)(=O)C1)c1ccc(Br)cc1. The zero-order chi connectivity index (χ0) is 16.3. The van der Waals surface area contributed by atoms with Crippen molar-refractivity contribution in [2.24, 2.45) is 5.92 Å². The molecule has 0 bridgehead atoms. The van der Waals surface area contributed by atoms with E-state index in [2.05, 4.69) is 35.1 Å². The highest BCUT2D eigenvalue weighted by atomic mass is 79.9. The summed E-state index contributed by atoms with van der Waals surface area (Å²) in [5, 5.41) is 2.87. The molecule has 1 aliphatic heterocycles. The van der Waals surface area contributed by atoms with Crippen LogP contribution in [-0.2, 0) is 14.6 Å². The van der Waals surface area contributed by atoms with Crippen molar-refractivity contribution >= 4 is 31.7 Å². The van der Waals surface area contributed by atoms with Gasteiger partial charge in [0.25, 0.3) is 0 Å². The number of sulfone groups is 1. The van der Waals surface area contributed by atoms with E-state index in [0.29, 0.717) is 18.8 Å². The van der Waals surface area contributed by atoms with Crippen LogP contribution >= 0.6 is 15.9 Å². The second-order valence-corrected chi connectivity index (χ2v) is 9.42. The fraction of sp³-hybridized carbons (Fsp3) is 0.562. The predicted octanol–water partition coefficient (Wildman–Crippen LogP) is 2.88. The molecule has 0 aromatic heterocycles. The van der Waals surface area contributed by atoms with Gasteiger partial charge in [-0.3, -0.25) is 4.79 Å². The largest absolute Gasteiger partial charge is 0.352 e. The number of carbonyl (C=O) groups excluding carboxylic acids is 1. The molecular formula is C16H22BrNO3S. The first-order chi connectivity index (χ1) is 10.3. The molecule has 1 aliphatic rings. The minimum absolute atomic E-state index is 0.0660. The average molecular weight is 388 g/mol. The molecule has 1 N–H and O–H groups in total. The molecule has 6 heteroatoms. The van der Waals surface area contributed by atoms with Gasteiger partial charge in [0.1, 0.15) is 0 Å². The Balaban J connectivity index is 1.99. The van der Waals surface area contributed by atoms with Crippen LogP contribution in [0.5, 0.6) is 0 Å². The number of hydrogen-bond donors (Lipinski definition) is 1. The second-order valence-electron chi connectivity index (χ2n) is 6.27. The van der Waals surface area contributed by atoms with Crippen LogP contribution < -0.4 is 5.32 Å². The van der Waals surface area contributed by atoms with Gasteiger partial charge in [-0.25, -0.2) is 8.42 Å². The molecule has 122 valence electrons. The first-order valence-electron chi connectivity index (χ1n) is 7.52. The Labute approximate surface area is 140 Å². The van der Waals surface area contributed by atoms with E-state index in [-0.39, 0.29) is 29.4 Å². The number of amides is 1. The highest BCUT2D eigenvalue weighted by Gasteiger charge is 2.29. The van der Waals surface area contributed by atoms with Crippen LogP contribution in [0.3, 0.4) is 0 Å². The average Bonchev–Trinajstić information content (AvgIpc) is 2.76. The van der Waals surface area contributed by atoms with Crippen LogP contribution in [0.25, 0.3) is 0 Å². The third-order valence-electron chi connectivity index (χ3n) is 4.11. The fourth-order valence-corrected chi connectivity index (χ4v) is 4.78. The van der Waals surface area contributed by atoms with E-state index in [4.69, 9.17) is 0 Å². The van der Waals surface area contributed by atoms with Gasteiger partial charge in [0.15, 0.2) is 9.84 Å². The lowest BCUT2D eigenvalue weighted by Crippen LogP contribution is -2.36. The minimum Gasteiger partial charge on any atom is -0.352 e. The first-order valence-corrected chi connectivity index (χ1v) is 10.1. The van der Waals surface area contributed by atoms with Gasteiger partial charge in [0.2, 0.25) is 5.91 Å². The van der Waals surface area contributed by atoms with Crippen LogP contribution in [-0.4, -0.2) is 31.9 Å². The molecule has 1 heterocycles. The zero-order valence-corrected chi connectivity index (χ0v) is 15.3. The third kappa shape index (κ3) is 4.81. The van der Waals surface area contributed by atoms with E-state index in [1.807, 2.05) is 24.3 Å². The van der Waals surface area contributed by atoms with Crippen molar-refractivity contribution in [2.45, 2.75) is 38.6 Å². The summed E-state index contributed by atoms with van der Waals surface area (Å²) in [7, 11) is -2.96. The van der Waals surface area contributed by atoms with E-state index >= 15 is 0 Å². The van der Waals surface area contributed by atoms with Gasteiger partial charge in [-0.05, 0) is 36.0 Å². The third-order valence-corrected chi connectivity index (χ3v) is 6.40. The highest BCUT2D eigenvalue weighted by Crippen LogP contribution is 2.29. The molecule has 1 fully saturated rings. The number of benzene rings is 1. The summed E-state index contributed by atoms with van der Waals surface area (Å²) in [5.41, 5.74) is 1.13. The van der Waals surface area contributed by atoms with Crippen LogP contribution in [0.15, 0.2) is 28.7 Å². The Bertz CT molecular complexity index is 625. The van der Waals surface area contributed by atoms with Crippen molar-refractivity contribution in [2.75, 3.05) is 11.5 Å². The molecule has 22 heavy (non-hydrogen) atoms. The molecule has 2 rings (SSSR count). The molecule has 0 spiro atoms.